The maximum absolute atomic E-state index is 8.10. The quantitative estimate of drug-likeness (QED) is 0.424. The highest BCUT2D eigenvalue weighted by Gasteiger charge is 2.05. The number of benzene rings is 2. The van der Waals surface area contributed by atoms with Crippen molar-refractivity contribution in [1.82, 2.24) is 4.90 Å². The third kappa shape index (κ3) is 5.28. The standard InChI is InChI=1S/C22H25N3S/c1-2-25(17-19-7-4-3-5-8-19)15-14-18-10-12-20(13-11-18)24-22(23)21-9-6-16-26-21/h3-13,16H,2,14-15,17H2,1H3,(H2,23,24). The zero-order valence-electron chi connectivity index (χ0n) is 15.1. The Kier molecular flexibility index (Phi) is 6.58. The molecule has 0 aliphatic carbocycles. The molecular formula is C22H25N3S. The second-order valence-electron chi connectivity index (χ2n) is 6.28. The molecule has 0 fully saturated rings. The van der Waals surface area contributed by atoms with Gasteiger partial charge in [-0.1, -0.05) is 55.5 Å². The Labute approximate surface area is 159 Å². The first kappa shape index (κ1) is 18.4. The molecule has 0 spiro atoms. The van der Waals surface area contributed by atoms with Gasteiger partial charge in [-0.05, 0) is 47.7 Å². The molecule has 2 aromatic carbocycles. The minimum absolute atomic E-state index is 0.452. The van der Waals surface area contributed by atoms with E-state index in [0.29, 0.717) is 5.84 Å². The lowest BCUT2D eigenvalue weighted by molar-refractivity contribution is 0.283. The van der Waals surface area contributed by atoms with Crippen LogP contribution >= 0.6 is 11.3 Å². The normalized spacial score (nSPS) is 10.8. The molecule has 0 unspecified atom stereocenters. The van der Waals surface area contributed by atoms with Gasteiger partial charge in [-0.2, -0.15) is 0 Å². The monoisotopic (exact) mass is 363 g/mol. The van der Waals surface area contributed by atoms with Crippen molar-refractivity contribution in [2.75, 3.05) is 18.4 Å². The van der Waals surface area contributed by atoms with Crippen LogP contribution in [0.1, 0.15) is 22.9 Å². The van der Waals surface area contributed by atoms with E-state index < -0.39 is 0 Å². The molecule has 3 rings (SSSR count). The average molecular weight is 364 g/mol. The van der Waals surface area contributed by atoms with Crippen LogP contribution < -0.4 is 5.32 Å². The number of likely N-dealkylation sites (N-methyl/N-ethyl adjacent to an activating group) is 1. The maximum atomic E-state index is 8.10. The van der Waals surface area contributed by atoms with Gasteiger partial charge in [-0.3, -0.25) is 10.3 Å². The number of hydrogen-bond donors (Lipinski definition) is 2. The molecule has 0 atom stereocenters. The average Bonchev–Trinajstić information content (AvgIpc) is 3.22. The number of thiophene rings is 1. The van der Waals surface area contributed by atoms with Crippen LogP contribution in [0.2, 0.25) is 0 Å². The molecule has 0 bridgehead atoms. The lowest BCUT2D eigenvalue weighted by Gasteiger charge is -2.20. The summed E-state index contributed by atoms with van der Waals surface area (Å²) >= 11 is 1.58. The van der Waals surface area contributed by atoms with Crippen LogP contribution in [0.4, 0.5) is 5.69 Å². The van der Waals surface area contributed by atoms with Crippen LogP contribution in [0.3, 0.4) is 0 Å². The predicted octanol–water partition coefficient (Wildman–Crippen LogP) is 5.25. The molecule has 0 saturated carbocycles. The fraction of sp³-hybridized carbons (Fsp3) is 0.227. The lowest BCUT2D eigenvalue weighted by atomic mass is 10.1. The SMILES string of the molecule is CCN(CCc1ccc(NC(=N)c2cccs2)cc1)Cc1ccccc1. The predicted molar refractivity (Wildman–Crippen MR) is 112 cm³/mol. The molecule has 1 aromatic heterocycles. The summed E-state index contributed by atoms with van der Waals surface area (Å²) in [6.45, 7) is 5.30. The van der Waals surface area contributed by atoms with Gasteiger partial charge in [0.1, 0.15) is 5.84 Å². The van der Waals surface area contributed by atoms with Crippen molar-refractivity contribution in [3.8, 4) is 0 Å². The van der Waals surface area contributed by atoms with E-state index >= 15 is 0 Å². The van der Waals surface area contributed by atoms with E-state index in [4.69, 9.17) is 5.41 Å². The summed E-state index contributed by atoms with van der Waals surface area (Å²) in [4.78, 5) is 3.42. The number of nitrogens with one attached hydrogen (secondary N) is 2. The van der Waals surface area contributed by atoms with Crippen molar-refractivity contribution in [3.05, 3.63) is 88.1 Å². The number of nitrogens with zero attached hydrogens (tertiary/aromatic N) is 1. The Morgan fingerprint density at radius 3 is 2.38 bits per heavy atom. The molecule has 26 heavy (non-hydrogen) atoms. The van der Waals surface area contributed by atoms with Gasteiger partial charge in [-0.25, -0.2) is 0 Å². The maximum Gasteiger partial charge on any atom is 0.140 e. The summed E-state index contributed by atoms with van der Waals surface area (Å²) < 4.78 is 0. The van der Waals surface area contributed by atoms with Gasteiger partial charge in [0.2, 0.25) is 0 Å². The second kappa shape index (κ2) is 9.32. The zero-order valence-corrected chi connectivity index (χ0v) is 15.9. The summed E-state index contributed by atoms with van der Waals surface area (Å²) in [5, 5.41) is 13.3. The number of hydrogen-bond acceptors (Lipinski definition) is 3. The Morgan fingerprint density at radius 2 is 1.73 bits per heavy atom. The molecule has 0 radical (unpaired) electrons. The van der Waals surface area contributed by atoms with Crippen molar-refractivity contribution in [1.29, 1.82) is 5.41 Å². The first-order valence-corrected chi connectivity index (χ1v) is 9.87. The van der Waals surface area contributed by atoms with E-state index in [1.54, 1.807) is 11.3 Å². The van der Waals surface area contributed by atoms with Crippen molar-refractivity contribution >= 4 is 22.9 Å². The fourth-order valence-corrected chi connectivity index (χ4v) is 3.49. The van der Waals surface area contributed by atoms with Gasteiger partial charge in [0.25, 0.3) is 0 Å². The highest BCUT2D eigenvalue weighted by atomic mass is 32.1. The molecular weight excluding hydrogens is 338 g/mol. The molecule has 0 saturated heterocycles. The van der Waals surface area contributed by atoms with E-state index in [9.17, 15) is 0 Å². The van der Waals surface area contributed by atoms with Crippen LogP contribution in [-0.2, 0) is 13.0 Å². The number of anilines is 1. The summed E-state index contributed by atoms with van der Waals surface area (Å²) in [6, 6.07) is 23.0. The van der Waals surface area contributed by atoms with Gasteiger partial charge >= 0.3 is 0 Å². The molecule has 0 aliphatic rings. The number of amidine groups is 1. The van der Waals surface area contributed by atoms with Crippen molar-refractivity contribution in [2.45, 2.75) is 19.9 Å². The van der Waals surface area contributed by atoms with Crippen LogP contribution in [0.5, 0.6) is 0 Å². The summed E-state index contributed by atoms with van der Waals surface area (Å²) in [5.41, 5.74) is 3.65. The third-order valence-electron chi connectivity index (χ3n) is 4.40. The third-order valence-corrected chi connectivity index (χ3v) is 5.29. The minimum atomic E-state index is 0.452. The Bertz CT molecular complexity index is 795. The van der Waals surface area contributed by atoms with Gasteiger partial charge in [0.05, 0.1) is 4.88 Å². The van der Waals surface area contributed by atoms with Crippen molar-refractivity contribution in [3.63, 3.8) is 0 Å². The molecule has 0 amide bonds. The Hall–Kier alpha value is -2.43. The van der Waals surface area contributed by atoms with Crippen LogP contribution in [-0.4, -0.2) is 23.8 Å². The molecule has 3 aromatic rings. The molecule has 2 N–H and O–H groups in total. The van der Waals surface area contributed by atoms with E-state index in [1.807, 2.05) is 17.5 Å². The Balaban J connectivity index is 1.51. The first-order valence-electron chi connectivity index (χ1n) is 8.99. The summed E-state index contributed by atoms with van der Waals surface area (Å²) in [7, 11) is 0. The Morgan fingerprint density at radius 1 is 0.962 bits per heavy atom. The topological polar surface area (TPSA) is 39.1 Å². The van der Waals surface area contributed by atoms with Gasteiger partial charge in [-0.15, -0.1) is 11.3 Å². The molecule has 1 heterocycles. The first-order chi connectivity index (χ1) is 12.7. The smallest absolute Gasteiger partial charge is 0.140 e. The number of rotatable bonds is 8. The highest BCUT2D eigenvalue weighted by Crippen LogP contribution is 2.15. The second-order valence-corrected chi connectivity index (χ2v) is 7.23. The van der Waals surface area contributed by atoms with Gasteiger partial charge in [0.15, 0.2) is 0 Å². The molecule has 4 heteroatoms. The van der Waals surface area contributed by atoms with Gasteiger partial charge in [0, 0.05) is 18.8 Å². The zero-order chi connectivity index (χ0) is 18.2. The fourth-order valence-electron chi connectivity index (χ4n) is 2.86. The van der Waals surface area contributed by atoms with Crippen molar-refractivity contribution in [2.24, 2.45) is 0 Å². The van der Waals surface area contributed by atoms with Gasteiger partial charge < -0.3 is 5.32 Å². The largest absolute Gasteiger partial charge is 0.340 e. The van der Waals surface area contributed by atoms with E-state index in [1.165, 1.54) is 11.1 Å². The lowest BCUT2D eigenvalue weighted by Crippen LogP contribution is -2.25. The minimum Gasteiger partial charge on any atom is -0.340 e. The highest BCUT2D eigenvalue weighted by molar-refractivity contribution is 7.12. The summed E-state index contributed by atoms with van der Waals surface area (Å²) in [5.74, 6) is 0.452. The molecule has 134 valence electrons. The van der Waals surface area contributed by atoms with Crippen LogP contribution in [0.25, 0.3) is 0 Å². The van der Waals surface area contributed by atoms with E-state index in [-0.39, 0.29) is 0 Å². The summed E-state index contributed by atoms with van der Waals surface area (Å²) in [6.07, 6.45) is 1.03. The molecule has 3 nitrogen and oxygen atoms in total. The van der Waals surface area contributed by atoms with E-state index in [0.717, 1.165) is 36.6 Å². The van der Waals surface area contributed by atoms with Crippen molar-refractivity contribution < 1.29 is 0 Å². The van der Waals surface area contributed by atoms with Crippen LogP contribution in [0, 0.1) is 5.41 Å². The van der Waals surface area contributed by atoms with Crippen LogP contribution in [0.15, 0.2) is 72.1 Å². The van der Waals surface area contributed by atoms with E-state index in [2.05, 4.69) is 71.7 Å². The molecule has 0 aliphatic heterocycles.